The first-order chi connectivity index (χ1) is 11.8. The van der Waals surface area contributed by atoms with Crippen molar-refractivity contribution >= 4 is 17.4 Å². The first-order valence-corrected chi connectivity index (χ1v) is 8.05. The van der Waals surface area contributed by atoms with Crippen LogP contribution in [-0.2, 0) is 4.74 Å². The van der Waals surface area contributed by atoms with Gasteiger partial charge in [0.1, 0.15) is 0 Å². The minimum absolute atomic E-state index is 0.206. The smallest absolute Gasteiger partial charge is 0.271 e. The molecule has 0 saturated carbocycles. The van der Waals surface area contributed by atoms with E-state index in [1.54, 1.807) is 12.1 Å². The Labute approximate surface area is 141 Å². The minimum atomic E-state index is -0.206. The number of ether oxygens (including phenoxy) is 1. The number of rotatable bonds is 6. The molecule has 0 aliphatic carbocycles. The lowest BCUT2D eigenvalue weighted by Gasteiger charge is -2.26. The quantitative estimate of drug-likeness (QED) is 0.832. The van der Waals surface area contributed by atoms with E-state index >= 15 is 0 Å². The molecule has 7 nitrogen and oxygen atoms in total. The van der Waals surface area contributed by atoms with Gasteiger partial charge in [0.25, 0.3) is 5.91 Å². The first-order valence-electron chi connectivity index (χ1n) is 8.05. The number of para-hydroxylation sites is 1. The van der Waals surface area contributed by atoms with Gasteiger partial charge in [-0.05, 0) is 24.3 Å². The summed E-state index contributed by atoms with van der Waals surface area (Å²) in [6.07, 6.45) is 0. The van der Waals surface area contributed by atoms with E-state index in [0.717, 1.165) is 38.5 Å². The van der Waals surface area contributed by atoms with Gasteiger partial charge in [-0.15, -0.1) is 10.2 Å². The van der Waals surface area contributed by atoms with Crippen LogP contribution in [0.4, 0.5) is 11.5 Å². The Morgan fingerprint density at radius 2 is 1.88 bits per heavy atom. The fraction of sp³-hybridized carbons (Fsp3) is 0.353. The molecule has 126 valence electrons. The van der Waals surface area contributed by atoms with Gasteiger partial charge in [-0.3, -0.25) is 9.69 Å². The van der Waals surface area contributed by atoms with Crippen molar-refractivity contribution in [1.82, 2.24) is 20.4 Å². The zero-order chi connectivity index (χ0) is 16.6. The first kappa shape index (κ1) is 16.4. The van der Waals surface area contributed by atoms with Crippen molar-refractivity contribution in [3.8, 4) is 0 Å². The third kappa shape index (κ3) is 4.74. The lowest BCUT2D eigenvalue weighted by Crippen LogP contribution is -2.41. The number of morpholine rings is 1. The van der Waals surface area contributed by atoms with Crippen molar-refractivity contribution < 1.29 is 9.53 Å². The minimum Gasteiger partial charge on any atom is -0.379 e. The number of nitrogens with zero attached hydrogens (tertiary/aromatic N) is 3. The molecule has 0 atom stereocenters. The molecule has 0 bridgehead atoms. The van der Waals surface area contributed by atoms with Gasteiger partial charge in [0.15, 0.2) is 11.5 Å². The number of carbonyl (C=O) groups excluding carboxylic acids is 1. The average molecular weight is 327 g/mol. The lowest BCUT2D eigenvalue weighted by atomic mass is 10.3. The van der Waals surface area contributed by atoms with E-state index in [2.05, 4.69) is 25.7 Å². The van der Waals surface area contributed by atoms with Crippen LogP contribution in [0.1, 0.15) is 10.5 Å². The van der Waals surface area contributed by atoms with Crippen molar-refractivity contribution in [3.05, 3.63) is 48.2 Å². The van der Waals surface area contributed by atoms with E-state index in [0.29, 0.717) is 18.1 Å². The fourth-order valence-electron chi connectivity index (χ4n) is 2.43. The molecule has 1 amide bonds. The molecule has 1 fully saturated rings. The molecule has 2 N–H and O–H groups in total. The SMILES string of the molecule is O=C(NCCN1CCOCC1)c1ccc(Nc2ccccc2)nn1. The topological polar surface area (TPSA) is 79.4 Å². The molecule has 0 spiro atoms. The monoisotopic (exact) mass is 327 g/mol. The highest BCUT2D eigenvalue weighted by Gasteiger charge is 2.12. The van der Waals surface area contributed by atoms with Crippen LogP contribution in [0.15, 0.2) is 42.5 Å². The average Bonchev–Trinajstić information content (AvgIpc) is 2.64. The highest BCUT2D eigenvalue weighted by Crippen LogP contribution is 2.12. The molecule has 1 aliphatic rings. The third-order valence-corrected chi connectivity index (χ3v) is 3.76. The molecule has 24 heavy (non-hydrogen) atoms. The molecule has 2 aromatic rings. The Balaban J connectivity index is 1.46. The standard InChI is InChI=1S/C17H21N5O2/c23-17(18-8-9-22-10-12-24-13-11-22)15-6-7-16(21-20-15)19-14-4-2-1-3-5-14/h1-7H,8-13H2,(H,18,23)(H,19,21). The highest BCUT2D eigenvalue weighted by atomic mass is 16.5. The van der Waals surface area contributed by atoms with Gasteiger partial charge in [-0.25, -0.2) is 0 Å². The summed E-state index contributed by atoms with van der Waals surface area (Å²) in [5, 5.41) is 14.0. The predicted molar refractivity (Wildman–Crippen MR) is 91.3 cm³/mol. The number of anilines is 2. The second kappa shape index (κ2) is 8.37. The molecule has 1 aromatic heterocycles. The molecule has 3 rings (SSSR count). The number of hydrogen-bond donors (Lipinski definition) is 2. The predicted octanol–water partition coefficient (Wildman–Crippen LogP) is 1.28. The Bertz CT molecular complexity index is 642. The Morgan fingerprint density at radius 3 is 2.58 bits per heavy atom. The van der Waals surface area contributed by atoms with Crippen molar-refractivity contribution in [1.29, 1.82) is 0 Å². The molecule has 7 heteroatoms. The summed E-state index contributed by atoms with van der Waals surface area (Å²) >= 11 is 0. The van der Waals surface area contributed by atoms with E-state index in [1.165, 1.54) is 0 Å². The Kier molecular flexibility index (Phi) is 5.70. The van der Waals surface area contributed by atoms with Crippen LogP contribution in [0, 0.1) is 0 Å². The molecule has 1 saturated heterocycles. The van der Waals surface area contributed by atoms with E-state index in [4.69, 9.17) is 4.74 Å². The van der Waals surface area contributed by atoms with Crippen LogP contribution in [0.5, 0.6) is 0 Å². The number of benzene rings is 1. The third-order valence-electron chi connectivity index (χ3n) is 3.76. The van der Waals surface area contributed by atoms with Crippen molar-refractivity contribution in [3.63, 3.8) is 0 Å². The molecular weight excluding hydrogens is 306 g/mol. The molecule has 1 aliphatic heterocycles. The van der Waals surface area contributed by atoms with E-state index in [1.807, 2.05) is 30.3 Å². The number of carbonyl (C=O) groups is 1. The second-order valence-electron chi connectivity index (χ2n) is 5.50. The summed E-state index contributed by atoms with van der Waals surface area (Å²) in [5.74, 6) is 0.396. The van der Waals surface area contributed by atoms with Gasteiger partial charge in [-0.2, -0.15) is 0 Å². The largest absolute Gasteiger partial charge is 0.379 e. The van der Waals surface area contributed by atoms with E-state index < -0.39 is 0 Å². The number of nitrogens with one attached hydrogen (secondary N) is 2. The maximum Gasteiger partial charge on any atom is 0.271 e. The normalized spacial score (nSPS) is 15.0. The van der Waals surface area contributed by atoms with Crippen molar-refractivity contribution in [2.75, 3.05) is 44.7 Å². The van der Waals surface area contributed by atoms with Crippen LogP contribution in [0.3, 0.4) is 0 Å². The number of amides is 1. The summed E-state index contributed by atoms with van der Waals surface area (Å²) in [6, 6.07) is 13.1. The van der Waals surface area contributed by atoms with Crippen LogP contribution < -0.4 is 10.6 Å². The lowest BCUT2D eigenvalue weighted by molar-refractivity contribution is 0.0383. The number of hydrogen-bond acceptors (Lipinski definition) is 6. The van der Waals surface area contributed by atoms with Gasteiger partial charge < -0.3 is 15.4 Å². The number of aromatic nitrogens is 2. The van der Waals surface area contributed by atoms with Gasteiger partial charge in [0.2, 0.25) is 0 Å². The second-order valence-corrected chi connectivity index (χ2v) is 5.50. The van der Waals surface area contributed by atoms with Gasteiger partial charge in [0, 0.05) is 31.9 Å². The van der Waals surface area contributed by atoms with Crippen LogP contribution in [-0.4, -0.2) is 60.4 Å². The van der Waals surface area contributed by atoms with Gasteiger partial charge in [0.05, 0.1) is 13.2 Å². The maximum absolute atomic E-state index is 12.1. The Morgan fingerprint density at radius 1 is 1.08 bits per heavy atom. The summed E-state index contributed by atoms with van der Waals surface area (Å²) in [6.45, 7) is 4.75. The molecule has 1 aromatic carbocycles. The summed E-state index contributed by atoms with van der Waals surface area (Å²) < 4.78 is 5.30. The molecular formula is C17H21N5O2. The zero-order valence-corrected chi connectivity index (χ0v) is 13.4. The van der Waals surface area contributed by atoms with Crippen LogP contribution in [0.2, 0.25) is 0 Å². The van der Waals surface area contributed by atoms with Crippen molar-refractivity contribution in [2.45, 2.75) is 0 Å². The summed E-state index contributed by atoms with van der Waals surface area (Å²) in [7, 11) is 0. The molecule has 0 unspecified atom stereocenters. The fourth-order valence-corrected chi connectivity index (χ4v) is 2.43. The van der Waals surface area contributed by atoms with Crippen LogP contribution >= 0.6 is 0 Å². The van der Waals surface area contributed by atoms with E-state index in [-0.39, 0.29) is 5.91 Å². The highest BCUT2D eigenvalue weighted by molar-refractivity contribution is 5.92. The van der Waals surface area contributed by atoms with Gasteiger partial charge >= 0.3 is 0 Å². The van der Waals surface area contributed by atoms with Crippen molar-refractivity contribution in [2.24, 2.45) is 0 Å². The van der Waals surface area contributed by atoms with Crippen LogP contribution in [0.25, 0.3) is 0 Å². The molecule has 2 heterocycles. The Hall–Kier alpha value is -2.51. The zero-order valence-electron chi connectivity index (χ0n) is 13.4. The summed E-state index contributed by atoms with van der Waals surface area (Å²) in [5.41, 5.74) is 1.24. The van der Waals surface area contributed by atoms with Gasteiger partial charge in [-0.1, -0.05) is 18.2 Å². The molecule has 0 radical (unpaired) electrons. The van der Waals surface area contributed by atoms with E-state index in [9.17, 15) is 4.79 Å². The summed E-state index contributed by atoms with van der Waals surface area (Å²) in [4.78, 5) is 14.3. The maximum atomic E-state index is 12.1.